The quantitative estimate of drug-likeness (QED) is 0.237. The van der Waals surface area contributed by atoms with E-state index in [1.54, 1.807) is 0 Å². The number of thiophene rings is 1. The van der Waals surface area contributed by atoms with Crippen LogP contribution in [-0.2, 0) is 0 Å². The second kappa shape index (κ2) is 9.87. The van der Waals surface area contributed by atoms with Gasteiger partial charge in [0, 0.05) is 33.3 Å². The molecule has 0 N–H and O–H groups in total. The molecular weight excluding hydrogens is 466 g/mol. The number of benzene rings is 3. The first-order chi connectivity index (χ1) is 18.6. The molecule has 0 atom stereocenters. The molecule has 2 saturated carbocycles. The standard InChI is InChI=1S/C35H37NS/c1-23-16-17-28-27(20-23)21-30(35-34(28)29-14-8-9-15-32(29)37-35)31-22-26(18-19-36-31)33(24-10-4-2-5-11-24)25-12-6-3-7-13-25/h8-9,14-22,24-25,33H,2-7,10-13H2,1H3/i33D. The summed E-state index contributed by atoms with van der Waals surface area (Å²) in [5.74, 6) is 0.405. The Morgan fingerprint density at radius 3 is 2.30 bits per heavy atom. The lowest BCUT2D eigenvalue weighted by Crippen LogP contribution is -2.25. The molecule has 2 fully saturated rings. The van der Waals surface area contributed by atoms with Crippen LogP contribution >= 0.6 is 11.3 Å². The van der Waals surface area contributed by atoms with Crippen molar-refractivity contribution in [2.75, 3.05) is 0 Å². The molecule has 2 aromatic heterocycles. The Balaban J connectivity index is 1.44. The highest BCUT2D eigenvalue weighted by Crippen LogP contribution is 2.48. The van der Waals surface area contributed by atoms with E-state index >= 15 is 0 Å². The molecule has 0 bridgehead atoms. The zero-order valence-corrected chi connectivity index (χ0v) is 22.7. The van der Waals surface area contributed by atoms with Crippen LogP contribution in [-0.4, -0.2) is 4.98 Å². The van der Waals surface area contributed by atoms with Gasteiger partial charge in [0.1, 0.15) is 0 Å². The van der Waals surface area contributed by atoms with Crippen molar-refractivity contribution in [3.8, 4) is 11.3 Å². The molecule has 1 nitrogen and oxygen atoms in total. The lowest BCUT2D eigenvalue weighted by atomic mass is 9.67. The van der Waals surface area contributed by atoms with Crippen molar-refractivity contribution in [3.63, 3.8) is 0 Å². The summed E-state index contributed by atoms with van der Waals surface area (Å²) in [5.41, 5.74) is 4.74. The second-order valence-corrected chi connectivity index (χ2v) is 12.6. The molecule has 37 heavy (non-hydrogen) atoms. The van der Waals surface area contributed by atoms with Gasteiger partial charge in [-0.3, -0.25) is 4.98 Å². The van der Waals surface area contributed by atoms with Crippen molar-refractivity contribution in [1.29, 1.82) is 0 Å². The minimum absolute atomic E-state index is 0.457. The summed E-state index contributed by atoms with van der Waals surface area (Å²) < 4.78 is 12.8. The van der Waals surface area contributed by atoms with E-state index in [1.165, 1.54) is 112 Å². The van der Waals surface area contributed by atoms with E-state index in [-0.39, 0.29) is 0 Å². The van der Waals surface area contributed by atoms with Crippen molar-refractivity contribution >= 4 is 42.3 Å². The summed E-state index contributed by atoms with van der Waals surface area (Å²) in [4.78, 5) is 4.99. The Hall–Kier alpha value is -2.71. The predicted octanol–water partition coefficient (Wildman–Crippen LogP) is 10.8. The summed E-state index contributed by atoms with van der Waals surface area (Å²) in [6.45, 7) is 2.18. The SMILES string of the molecule is [2H]C(c1ccnc(-c2cc3cc(C)ccc3c3c2sc2ccccc23)c1)(C1CCCCC1)C1CCCCC1. The molecule has 0 amide bonds. The highest BCUT2D eigenvalue weighted by atomic mass is 32.1. The third-order valence-electron chi connectivity index (χ3n) is 9.08. The van der Waals surface area contributed by atoms with Gasteiger partial charge >= 0.3 is 0 Å². The molecule has 2 heteroatoms. The highest BCUT2D eigenvalue weighted by molar-refractivity contribution is 7.26. The minimum Gasteiger partial charge on any atom is -0.256 e. The van der Waals surface area contributed by atoms with E-state index in [0.29, 0.717) is 11.8 Å². The molecular formula is C35H37NS. The highest BCUT2D eigenvalue weighted by Gasteiger charge is 2.33. The Morgan fingerprint density at radius 1 is 0.811 bits per heavy atom. The zero-order chi connectivity index (χ0) is 25.7. The van der Waals surface area contributed by atoms with Gasteiger partial charge in [0.25, 0.3) is 0 Å². The number of aromatic nitrogens is 1. The maximum atomic E-state index is 10.2. The number of hydrogen-bond acceptors (Lipinski definition) is 2. The molecule has 188 valence electrons. The third-order valence-corrected chi connectivity index (χ3v) is 10.3. The third kappa shape index (κ3) is 4.28. The van der Waals surface area contributed by atoms with E-state index in [1.807, 2.05) is 17.5 Å². The predicted molar refractivity (Wildman–Crippen MR) is 161 cm³/mol. The summed E-state index contributed by atoms with van der Waals surface area (Å²) in [6.07, 6.45) is 14.6. The lowest BCUT2D eigenvalue weighted by molar-refractivity contribution is 0.202. The van der Waals surface area contributed by atoms with Crippen molar-refractivity contribution in [1.82, 2.24) is 4.98 Å². The fraction of sp³-hybridized carbons (Fsp3) is 0.400. The van der Waals surface area contributed by atoms with Crippen LogP contribution < -0.4 is 0 Å². The van der Waals surface area contributed by atoms with Gasteiger partial charge in [0.15, 0.2) is 0 Å². The number of nitrogens with zero attached hydrogens (tertiary/aromatic N) is 1. The first-order valence-electron chi connectivity index (χ1n) is 14.9. The van der Waals surface area contributed by atoms with Gasteiger partial charge in [-0.2, -0.15) is 0 Å². The van der Waals surface area contributed by atoms with E-state index < -0.39 is 5.89 Å². The molecule has 0 saturated heterocycles. The number of fused-ring (bicyclic) bond motifs is 5. The molecule has 2 aliphatic rings. The fourth-order valence-electron chi connectivity index (χ4n) is 7.33. The van der Waals surface area contributed by atoms with Crippen LogP contribution in [0.2, 0.25) is 0 Å². The maximum Gasteiger partial charge on any atom is 0.0719 e. The van der Waals surface area contributed by atoms with Gasteiger partial charge < -0.3 is 0 Å². The van der Waals surface area contributed by atoms with Crippen LogP contribution in [0.25, 0.3) is 42.2 Å². The molecule has 0 aliphatic heterocycles. The maximum absolute atomic E-state index is 10.2. The molecule has 2 aliphatic carbocycles. The number of pyridine rings is 1. The Bertz CT molecular complexity index is 1600. The van der Waals surface area contributed by atoms with Crippen LogP contribution in [0.15, 0.2) is 66.9 Å². The van der Waals surface area contributed by atoms with Crippen LogP contribution in [0.5, 0.6) is 0 Å². The van der Waals surface area contributed by atoms with Gasteiger partial charge in [-0.15, -0.1) is 11.3 Å². The number of hydrogen-bond donors (Lipinski definition) is 0. The first kappa shape index (κ1) is 22.3. The monoisotopic (exact) mass is 504 g/mol. The van der Waals surface area contributed by atoms with E-state index in [4.69, 9.17) is 4.98 Å². The van der Waals surface area contributed by atoms with Crippen LogP contribution in [0.1, 0.15) is 82.6 Å². The van der Waals surface area contributed by atoms with Crippen molar-refractivity contribution < 1.29 is 1.37 Å². The van der Waals surface area contributed by atoms with Gasteiger partial charge in [0.2, 0.25) is 0 Å². The van der Waals surface area contributed by atoms with Crippen molar-refractivity contribution in [3.05, 3.63) is 78.0 Å². The van der Waals surface area contributed by atoms with E-state index in [9.17, 15) is 1.37 Å². The normalized spacial score (nSPS) is 18.6. The van der Waals surface area contributed by atoms with Crippen LogP contribution in [0.3, 0.4) is 0 Å². The Morgan fingerprint density at radius 2 is 1.54 bits per heavy atom. The second-order valence-electron chi connectivity index (χ2n) is 11.5. The number of aryl methyl sites for hydroxylation is 1. The average Bonchev–Trinajstić information content (AvgIpc) is 3.37. The molecule has 5 aromatic rings. The molecule has 2 heterocycles. The molecule has 0 radical (unpaired) electrons. The first-order valence-corrected chi connectivity index (χ1v) is 15.3. The van der Waals surface area contributed by atoms with Crippen molar-refractivity contribution in [2.24, 2.45) is 11.8 Å². The summed E-state index contributed by atoms with van der Waals surface area (Å²) in [6, 6.07) is 22.5. The Kier molecular flexibility index (Phi) is 5.95. The van der Waals surface area contributed by atoms with Gasteiger partial charge in [-0.1, -0.05) is 80.5 Å². The topological polar surface area (TPSA) is 12.9 Å². The van der Waals surface area contributed by atoms with E-state index in [2.05, 4.69) is 67.6 Å². The summed E-state index contributed by atoms with van der Waals surface area (Å²) in [5, 5.41) is 5.28. The molecule has 0 unspecified atom stereocenters. The Labute approximate surface area is 226 Å². The van der Waals surface area contributed by atoms with Crippen LogP contribution in [0, 0.1) is 18.8 Å². The molecule has 0 spiro atoms. The largest absolute Gasteiger partial charge is 0.256 e. The molecule has 3 aromatic carbocycles. The molecule has 7 rings (SSSR count). The average molecular weight is 505 g/mol. The fourth-order valence-corrected chi connectivity index (χ4v) is 8.57. The van der Waals surface area contributed by atoms with Crippen molar-refractivity contribution in [2.45, 2.75) is 77.0 Å². The number of rotatable bonds is 4. The summed E-state index contributed by atoms with van der Waals surface area (Å²) >= 11 is 1.88. The van der Waals surface area contributed by atoms with Gasteiger partial charge in [-0.25, -0.2) is 0 Å². The van der Waals surface area contributed by atoms with E-state index in [0.717, 1.165) is 5.69 Å². The van der Waals surface area contributed by atoms with Crippen LogP contribution in [0.4, 0.5) is 0 Å². The van der Waals surface area contributed by atoms with Gasteiger partial charge in [-0.05, 0) is 90.9 Å². The smallest absolute Gasteiger partial charge is 0.0719 e. The minimum atomic E-state index is -0.509. The lowest BCUT2D eigenvalue weighted by Gasteiger charge is -2.38. The zero-order valence-electron chi connectivity index (χ0n) is 22.9. The summed E-state index contributed by atoms with van der Waals surface area (Å²) in [7, 11) is 0. The van der Waals surface area contributed by atoms with Gasteiger partial charge in [0.05, 0.1) is 5.69 Å².